The molecule has 3 nitrogen and oxygen atoms in total. The van der Waals surface area contributed by atoms with E-state index in [-0.39, 0.29) is 11.9 Å². The summed E-state index contributed by atoms with van der Waals surface area (Å²) in [6.45, 7) is 1.68. The zero-order chi connectivity index (χ0) is 8.10. The van der Waals surface area contributed by atoms with Gasteiger partial charge in [-0.1, -0.05) is 0 Å². The second-order valence-electron chi connectivity index (χ2n) is 2.58. The first-order chi connectivity index (χ1) is 5.34. The van der Waals surface area contributed by atoms with Gasteiger partial charge in [-0.15, -0.1) is 0 Å². The molecular weight excluding hydrogens is 160 g/mol. The van der Waals surface area contributed by atoms with Crippen LogP contribution < -0.4 is 10.6 Å². The molecule has 1 heterocycles. The summed E-state index contributed by atoms with van der Waals surface area (Å²) in [6, 6.07) is 0.0520. The lowest BCUT2D eigenvalue weighted by Gasteiger charge is -2.22. The van der Waals surface area contributed by atoms with Crippen LogP contribution in [0.2, 0.25) is 0 Å². The predicted molar refractivity (Wildman–Crippen MR) is 47.8 cm³/mol. The highest BCUT2D eigenvalue weighted by molar-refractivity contribution is 7.98. The second-order valence-corrected chi connectivity index (χ2v) is 3.56. The van der Waals surface area contributed by atoms with Crippen LogP contribution in [0.25, 0.3) is 0 Å². The fourth-order valence-corrected chi connectivity index (χ4v) is 1.59. The van der Waals surface area contributed by atoms with E-state index >= 15 is 0 Å². The molecule has 0 radical (unpaired) electrons. The molecule has 64 valence electrons. The summed E-state index contributed by atoms with van der Waals surface area (Å²) in [5.74, 6) is 1.20. The zero-order valence-corrected chi connectivity index (χ0v) is 7.54. The Balaban J connectivity index is 2.24. The average Bonchev–Trinajstić information content (AvgIpc) is 2.03. The van der Waals surface area contributed by atoms with Gasteiger partial charge in [0.2, 0.25) is 5.91 Å². The van der Waals surface area contributed by atoms with Crippen LogP contribution in [0.3, 0.4) is 0 Å². The van der Waals surface area contributed by atoms with Crippen LogP contribution in [-0.2, 0) is 4.79 Å². The van der Waals surface area contributed by atoms with Gasteiger partial charge in [0, 0.05) is 13.1 Å². The van der Waals surface area contributed by atoms with Gasteiger partial charge in [-0.05, 0) is 18.4 Å². The Bertz CT molecular complexity index is 140. The Morgan fingerprint density at radius 3 is 3.09 bits per heavy atom. The minimum atomic E-state index is 0.0520. The molecule has 0 saturated carbocycles. The maximum Gasteiger partial charge on any atom is 0.237 e. The monoisotopic (exact) mass is 174 g/mol. The molecule has 2 N–H and O–H groups in total. The molecule has 1 aliphatic rings. The van der Waals surface area contributed by atoms with E-state index in [2.05, 4.69) is 16.9 Å². The van der Waals surface area contributed by atoms with Gasteiger partial charge in [0.1, 0.15) is 0 Å². The second kappa shape index (κ2) is 4.62. The van der Waals surface area contributed by atoms with E-state index in [0.717, 1.165) is 25.3 Å². The van der Waals surface area contributed by atoms with Gasteiger partial charge in [-0.25, -0.2) is 0 Å². The molecule has 1 fully saturated rings. The summed E-state index contributed by atoms with van der Waals surface area (Å²) < 4.78 is 0. The van der Waals surface area contributed by atoms with Crippen molar-refractivity contribution in [2.75, 3.05) is 25.1 Å². The Morgan fingerprint density at radius 1 is 1.64 bits per heavy atom. The lowest BCUT2D eigenvalue weighted by atomic mass is 10.2. The molecule has 0 aromatic rings. The molecule has 1 unspecified atom stereocenters. The summed E-state index contributed by atoms with van der Waals surface area (Å²) in [7, 11) is 0. The number of carbonyl (C=O) groups is 1. The Kier molecular flexibility index (Phi) is 3.72. The number of amides is 1. The lowest BCUT2D eigenvalue weighted by Crippen LogP contribution is -2.52. The number of piperazine rings is 1. The van der Waals surface area contributed by atoms with Crippen LogP contribution in [0.5, 0.6) is 0 Å². The van der Waals surface area contributed by atoms with Crippen LogP contribution in [0.1, 0.15) is 6.42 Å². The van der Waals surface area contributed by atoms with E-state index in [4.69, 9.17) is 0 Å². The number of hydrogen-bond donors (Lipinski definition) is 2. The van der Waals surface area contributed by atoms with Gasteiger partial charge in [-0.2, -0.15) is 11.8 Å². The number of thioether (sulfide) groups is 1. The molecule has 11 heavy (non-hydrogen) atoms. The number of hydrogen-bond acceptors (Lipinski definition) is 3. The molecule has 1 aliphatic heterocycles. The first kappa shape index (κ1) is 8.87. The van der Waals surface area contributed by atoms with Crippen LogP contribution in [0.4, 0.5) is 0 Å². The van der Waals surface area contributed by atoms with Gasteiger partial charge in [0.25, 0.3) is 0 Å². The van der Waals surface area contributed by atoms with Crippen molar-refractivity contribution in [1.29, 1.82) is 0 Å². The number of rotatable bonds is 3. The van der Waals surface area contributed by atoms with Crippen molar-refractivity contribution < 1.29 is 4.79 Å². The first-order valence-corrected chi connectivity index (χ1v) is 5.24. The summed E-state index contributed by atoms with van der Waals surface area (Å²) in [4.78, 5) is 11.1. The molecule has 0 aliphatic carbocycles. The highest BCUT2D eigenvalue weighted by Crippen LogP contribution is 2.01. The van der Waals surface area contributed by atoms with Crippen LogP contribution >= 0.6 is 11.8 Å². The standard InChI is InChI=1S/C7H14N2OS/c1-11-5-2-6-7(10)9-4-3-8-6/h6,8H,2-5H2,1H3,(H,9,10). The minimum absolute atomic E-state index is 0.0520. The van der Waals surface area contributed by atoms with Crippen molar-refractivity contribution in [3.63, 3.8) is 0 Å². The van der Waals surface area contributed by atoms with E-state index in [1.807, 2.05) is 0 Å². The molecule has 1 saturated heterocycles. The average molecular weight is 174 g/mol. The maximum atomic E-state index is 11.1. The van der Waals surface area contributed by atoms with Gasteiger partial charge in [0.05, 0.1) is 6.04 Å². The fourth-order valence-electron chi connectivity index (χ4n) is 1.12. The molecule has 1 rings (SSSR count). The maximum absolute atomic E-state index is 11.1. The third-order valence-electron chi connectivity index (χ3n) is 1.74. The molecule has 1 atom stereocenters. The SMILES string of the molecule is CSCCC1NCCNC1=O. The molecule has 1 amide bonds. The van der Waals surface area contributed by atoms with Gasteiger partial charge >= 0.3 is 0 Å². The van der Waals surface area contributed by atoms with E-state index in [1.165, 1.54) is 0 Å². The van der Waals surface area contributed by atoms with E-state index in [1.54, 1.807) is 11.8 Å². The molecule has 0 spiro atoms. The lowest BCUT2D eigenvalue weighted by molar-refractivity contribution is -0.124. The highest BCUT2D eigenvalue weighted by atomic mass is 32.2. The van der Waals surface area contributed by atoms with Crippen molar-refractivity contribution in [3.05, 3.63) is 0 Å². The van der Waals surface area contributed by atoms with Gasteiger partial charge in [0.15, 0.2) is 0 Å². The molecule has 0 aromatic carbocycles. The van der Waals surface area contributed by atoms with Crippen molar-refractivity contribution in [2.45, 2.75) is 12.5 Å². The molecule has 4 heteroatoms. The predicted octanol–water partition coefficient (Wildman–Crippen LogP) is -0.173. The van der Waals surface area contributed by atoms with Gasteiger partial charge in [-0.3, -0.25) is 4.79 Å². The van der Waals surface area contributed by atoms with Crippen molar-refractivity contribution >= 4 is 17.7 Å². The summed E-state index contributed by atoms with van der Waals surface area (Å²) >= 11 is 1.78. The topological polar surface area (TPSA) is 41.1 Å². The van der Waals surface area contributed by atoms with E-state index in [9.17, 15) is 4.79 Å². The Hall–Kier alpha value is -0.220. The minimum Gasteiger partial charge on any atom is -0.353 e. The molecular formula is C7H14N2OS. The smallest absolute Gasteiger partial charge is 0.237 e. The number of nitrogens with one attached hydrogen (secondary N) is 2. The third-order valence-corrected chi connectivity index (χ3v) is 2.39. The molecule has 0 aromatic heterocycles. The van der Waals surface area contributed by atoms with Crippen LogP contribution in [-0.4, -0.2) is 37.0 Å². The van der Waals surface area contributed by atoms with Crippen molar-refractivity contribution in [1.82, 2.24) is 10.6 Å². The van der Waals surface area contributed by atoms with Gasteiger partial charge < -0.3 is 10.6 Å². The normalized spacial score (nSPS) is 24.8. The van der Waals surface area contributed by atoms with Crippen LogP contribution in [0.15, 0.2) is 0 Å². The van der Waals surface area contributed by atoms with Crippen molar-refractivity contribution in [3.8, 4) is 0 Å². The summed E-state index contributed by atoms with van der Waals surface area (Å²) in [5.41, 5.74) is 0. The van der Waals surface area contributed by atoms with E-state index < -0.39 is 0 Å². The number of carbonyl (C=O) groups excluding carboxylic acids is 1. The van der Waals surface area contributed by atoms with E-state index in [0.29, 0.717) is 0 Å². The third kappa shape index (κ3) is 2.71. The summed E-state index contributed by atoms with van der Waals surface area (Å²) in [6.07, 6.45) is 2.99. The largest absolute Gasteiger partial charge is 0.353 e. The quantitative estimate of drug-likeness (QED) is 0.624. The first-order valence-electron chi connectivity index (χ1n) is 3.84. The molecule has 0 bridgehead atoms. The fraction of sp³-hybridized carbons (Fsp3) is 0.857. The Morgan fingerprint density at radius 2 is 2.45 bits per heavy atom. The van der Waals surface area contributed by atoms with Crippen molar-refractivity contribution in [2.24, 2.45) is 0 Å². The Labute approximate surface area is 71.3 Å². The summed E-state index contributed by atoms with van der Waals surface area (Å²) in [5, 5.41) is 6.01. The zero-order valence-electron chi connectivity index (χ0n) is 6.72. The van der Waals surface area contributed by atoms with Crippen LogP contribution in [0, 0.1) is 0 Å². The highest BCUT2D eigenvalue weighted by Gasteiger charge is 2.19.